The van der Waals surface area contributed by atoms with E-state index in [1.54, 1.807) is 18.2 Å². The second-order valence-corrected chi connectivity index (χ2v) is 7.56. The molecule has 2 aromatic rings. The molecule has 28 heavy (non-hydrogen) atoms. The predicted octanol–water partition coefficient (Wildman–Crippen LogP) is 3.79. The zero-order valence-corrected chi connectivity index (χ0v) is 16.0. The molecule has 2 amide bonds. The van der Waals surface area contributed by atoms with Crippen LogP contribution in [-0.2, 0) is 9.59 Å². The van der Waals surface area contributed by atoms with Crippen molar-refractivity contribution in [2.24, 2.45) is 11.8 Å². The van der Waals surface area contributed by atoms with Gasteiger partial charge in [0.1, 0.15) is 13.2 Å². The van der Waals surface area contributed by atoms with E-state index in [1.807, 2.05) is 24.3 Å². The summed E-state index contributed by atoms with van der Waals surface area (Å²) in [5.74, 6) is 0.897. The normalized spacial score (nSPS) is 19.8. The number of fused-ring (bicyclic) bond motifs is 1. The monoisotopic (exact) mass is 380 g/mol. The maximum atomic E-state index is 12.5. The molecule has 0 bridgehead atoms. The minimum absolute atomic E-state index is 0.111. The third-order valence-electron chi connectivity index (χ3n) is 5.12. The highest BCUT2D eigenvalue weighted by Gasteiger charge is 2.48. The summed E-state index contributed by atoms with van der Waals surface area (Å²) in [7, 11) is 0. The van der Waals surface area contributed by atoms with Crippen molar-refractivity contribution in [2.45, 2.75) is 26.2 Å². The second kappa shape index (κ2) is 7.54. The lowest BCUT2D eigenvalue weighted by molar-refractivity contribution is -0.122. The molecule has 0 saturated heterocycles. The van der Waals surface area contributed by atoms with Gasteiger partial charge >= 0.3 is 0 Å². The van der Waals surface area contributed by atoms with Crippen LogP contribution in [0.1, 0.15) is 31.7 Å². The molecule has 4 rings (SSSR count). The number of hydrogen-bond acceptors (Lipinski definition) is 4. The Morgan fingerprint density at radius 3 is 2.07 bits per heavy atom. The molecule has 2 aromatic carbocycles. The van der Waals surface area contributed by atoms with Crippen LogP contribution in [0.2, 0.25) is 0 Å². The van der Waals surface area contributed by atoms with E-state index in [4.69, 9.17) is 9.47 Å². The number of hydrogen-bond donors (Lipinski definition) is 2. The van der Waals surface area contributed by atoms with Gasteiger partial charge in [-0.05, 0) is 42.2 Å². The topological polar surface area (TPSA) is 76.7 Å². The summed E-state index contributed by atoms with van der Waals surface area (Å²) in [6.45, 7) is 5.27. The minimum atomic E-state index is -0.303. The Hall–Kier alpha value is -3.02. The lowest BCUT2D eigenvalue weighted by atomic mass is 10.0. The van der Waals surface area contributed by atoms with E-state index in [9.17, 15) is 9.59 Å². The number of nitrogens with one attached hydrogen (secondary N) is 2. The summed E-state index contributed by atoms with van der Waals surface area (Å²) in [5, 5.41) is 5.77. The van der Waals surface area contributed by atoms with Crippen molar-refractivity contribution < 1.29 is 19.1 Å². The molecule has 146 valence electrons. The van der Waals surface area contributed by atoms with E-state index in [-0.39, 0.29) is 23.7 Å². The SMILES string of the molecule is CC(C)c1ccc(NC(=O)C2CC2C(=O)Nc2ccc3c(c2)OCCO3)cc1. The number of amides is 2. The van der Waals surface area contributed by atoms with Gasteiger partial charge in [0.2, 0.25) is 11.8 Å². The highest BCUT2D eigenvalue weighted by molar-refractivity contribution is 6.03. The fourth-order valence-electron chi connectivity index (χ4n) is 3.32. The zero-order valence-electron chi connectivity index (χ0n) is 16.0. The Balaban J connectivity index is 1.32. The van der Waals surface area contributed by atoms with Crippen LogP contribution >= 0.6 is 0 Å². The summed E-state index contributed by atoms with van der Waals surface area (Å²) in [5.41, 5.74) is 2.62. The van der Waals surface area contributed by atoms with Crippen LogP contribution in [0.4, 0.5) is 11.4 Å². The predicted molar refractivity (Wildman–Crippen MR) is 107 cm³/mol. The molecule has 1 aliphatic carbocycles. The molecule has 6 nitrogen and oxygen atoms in total. The van der Waals surface area contributed by atoms with Crippen LogP contribution in [0.15, 0.2) is 42.5 Å². The van der Waals surface area contributed by atoms with Gasteiger partial charge in [0.05, 0.1) is 11.8 Å². The first-order valence-corrected chi connectivity index (χ1v) is 9.62. The molecular formula is C22H24N2O4. The highest BCUT2D eigenvalue weighted by Crippen LogP contribution is 2.41. The molecule has 2 atom stereocenters. The van der Waals surface area contributed by atoms with Crippen LogP contribution in [0.5, 0.6) is 11.5 Å². The maximum absolute atomic E-state index is 12.5. The Morgan fingerprint density at radius 1 is 0.857 bits per heavy atom. The smallest absolute Gasteiger partial charge is 0.228 e. The largest absolute Gasteiger partial charge is 0.486 e. The van der Waals surface area contributed by atoms with Gasteiger partial charge in [-0.15, -0.1) is 0 Å². The quantitative estimate of drug-likeness (QED) is 0.827. The fraction of sp³-hybridized carbons (Fsp3) is 0.364. The minimum Gasteiger partial charge on any atom is -0.486 e. The Labute approximate surface area is 164 Å². The average molecular weight is 380 g/mol. The van der Waals surface area contributed by atoms with Crippen LogP contribution in [0.3, 0.4) is 0 Å². The number of carbonyl (C=O) groups is 2. The molecule has 0 spiro atoms. The van der Waals surface area contributed by atoms with Gasteiger partial charge in [0, 0.05) is 17.4 Å². The number of benzene rings is 2. The van der Waals surface area contributed by atoms with Crippen LogP contribution in [-0.4, -0.2) is 25.0 Å². The number of anilines is 2. The van der Waals surface area contributed by atoms with Gasteiger partial charge in [0.15, 0.2) is 11.5 Å². The first-order chi connectivity index (χ1) is 13.5. The Bertz CT molecular complexity index is 892. The zero-order chi connectivity index (χ0) is 19.7. The van der Waals surface area contributed by atoms with Gasteiger partial charge in [0.25, 0.3) is 0 Å². The van der Waals surface area contributed by atoms with Crippen LogP contribution in [0.25, 0.3) is 0 Å². The standard InChI is InChI=1S/C22H24N2O4/c1-13(2)14-3-5-15(6-4-14)23-21(25)17-12-18(17)22(26)24-16-7-8-19-20(11-16)28-10-9-27-19/h3-8,11,13,17-18H,9-10,12H2,1-2H3,(H,23,25)(H,24,26). The first-order valence-electron chi connectivity index (χ1n) is 9.62. The molecule has 1 heterocycles. The summed E-state index contributed by atoms with van der Waals surface area (Å²) in [4.78, 5) is 24.9. The van der Waals surface area contributed by atoms with E-state index < -0.39 is 0 Å². The Kier molecular flexibility index (Phi) is 4.94. The maximum Gasteiger partial charge on any atom is 0.228 e. The average Bonchev–Trinajstić information content (AvgIpc) is 3.49. The Morgan fingerprint density at radius 2 is 1.43 bits per heavy atom. The molecule has 1 fully saturated rings. The molecule has 0 radical (unpaired) electrons. The van der Waals surface area contributed by atoms with Crippen molar-refractivity contribution in [3.05, 3.63) is 48.0 Å². The number of carbonyl (C=O) groups excluding carboxylic acids is 2. The van der Waals surface area contributed by atoms with E-state index in [1.165, 1.54) is 5.56 Å². The van der Waals surface area contributed by atoms with Gasteiger partial charge in [-0.3, -0.25) is 9.59 Å². The molecule has 1 saturated carbocycles. The molecule has 6 heteroatoms. The van der Waals surface area contributed by atoms with Crippen molar-refractivity contribution in [3.8, 4) is 11.5 Å². The summed E-state index contributed by atoms with van der Waals surface area (Å²) < 4.78 is 11.0. The van der Waals surface area contributed by atoms with E-state index in [2.05, 4.69) is 24.5 Å². The molecule has 0 aromatic heterocycles. The molecule has 2 aliphatic rings. The summed E-state index contributed by atoms with van der Waals surface area (Å²) in [6, 6.07) is 13.1. The van der Waals surface area contributed by atoms with E-state index >= 15 is 0 Å². The summed E-state index contributed by atoms with van der Waals surface area (Å²) >= 11 is 0. The van der Waals surface area contributed by atoms with Crippen molar-refractivity contribution in [1.82, 2.24) is 0 Å². The molecular weight excluding hydrogens is 356 g/mol. The molecule has 2 N–H and O–H groups in total. The van der Waals surface area contributed by atoms with Crippen LogP contribution in [0, 0.1) is 11.8 Å². The molecule has 1 aliphatic heterocycles. The first kappa shape index (κ1) is 18.3. The van der Waals surface area contributed by atoms with Crippen LogP contribution < -0.4 is 20.1 Å². The van der Waals surface area contributed by atoms with E-state index in [0.717, 1.165) is 5.69 Å². The number of rotatable bonds is 5. The van der Waals surface area contributed by atoms with E-state index in [0.29, 0.717) is 42.7 Å². The number of ether oxygens (including phenoxy) is 2. The highest BCUT2D eigenvalue weighted by atomic mass is 16.6. The van der Waals surface area contributed by atoms with Gasteiger partial charge in [-0.25, -0.2) is 0 Å². The second-order valence-electron chi connectivity index (χ2n) is 7.56. The van der Waals surface area contributed by atoms with Crippen molar-refractivity contribution in [3.63, 3.8) is 0 Å². The van der Waals surface area contributed by atoms with Gasteiger partial charge in [-0.2, -0.15) is 0 Å². The third-order valence-corrected chi connectivity index (χ3v) is 5.12. The third kappa shape index (κ3) is 3.96. The fourth-order valence-corrected chi connectivity index (χ4v) is 3.32. The lowest BCUT2D eigenvalue weighted by Crippen LogP contribution is -2.21. The van der Waals surface area contributed by atoms with Gasteiger partial charge in [-0.1, -0.05) is 26.0 Å². The lowest BCUT2D eigenvalue weighted by Gasteiger charge is -2.19. The van der Waals surface area contributed by atoms with Crippen molar-refractivity contribution in [1.29, 1.82) is 0 Å². The summed E-state index contributed by atoms with van der Waals surface area (Å²) in [6.07, 6.45) is 0.562. The van der Waals surface area contributed by atoms with Crippen molar-refractivity contribution >= 4 is 23.2 Å². The molecule has 2 unspecified atom stereocenters. The van der Waals surface area contributed by atoms with Gasteiger partial charge < -0.3 is 20.1 Å². The van der Waals surface area contributed by atoms with Crippen molar-refractivity contribution in [2.75, 3.05) is 23.8 Å².